The molecule has 0 saturated carbocycles. The molecule has 4 N–H and O–H groups in total. The first-order valence-corrected chi connectivity index (χ1v) is 6.49. The lowest BCUT2D eigenvalue weighted by atomic mass is 10.1. The minimum Gasteiger partial charge on any atom is -0.344 e. The van der Waals surface area contributed by atoms with E-state index in [0.717, 1.165) is 11.1 Å². The van der Waals surface area contributed by atoms with Crippen LogP contribution in [0.3, 0.4) is 0 Å². The summed E-state index contributed by atoms with van der Waals surface area (Å²) in [6, 6.07) is 5.14. The summed E-state index contributed by atoms with van der Waals surface area (Å²) in [6.45, 7) is 2.23. The Kier molecular flexibility index (Phi) is 4.38. The summed E-state index contributed by atoms with van der Waals surface area (Å²) in [5.74, 6) is 5.45. The topological polar surface area (TPSA) is 84.2 Å². The molecule has 1 atom stereocenters. The van der Waals surface area contributed by atoms with Crippen LogP contribution in [0.1, 0.15) is 24.0 Å². The van der Waals surface area contributed by atoms with Crippen LogP contribution in [-0.4, -0.2) is 24.4 Å². The second kappa shape index (κ2) is 6.22. The normalized spacial score (nSPS) is 17.1. The van der Waals surface area contributed by atoms with Crippen LogP contribution in [0, 0.1) is 18.8 Å². The fourth-order valence-electron chi connectivity index (χ4n) is 2.12. The van der Waals surface area contributed by atoms with E-state index in [1.807, 2.05) is 19.1 Å². The maximum absolute atomic E-state index is 12.0. The molecular weight excluding hydrogens is 254 g/mol. The molecule has 104 valence electrons. The number of benzene rings is 1. The van der Waals surface area contributed by atoms with Crippen molar-refractivity contribution in [3.05, 3.63) is 29.3 Å². The first kappa shape index (κ1) is 14.1. The highest BCUT2D eigenvalue weighted by molar-refractivity contribution is 5.99. The van der Waals surface area contributed by atoms with E-state index in [4.69, 9.17) is 5.73 Å². The minimum atomic E-state index is -0.443. The molecule has 1 aromatic carbocycles. The zero-order valence-electron chi connectivity index (χ0n) is 11.3. The average molecular weight is 271 g/mol. The minimum absolute atomic E-state index is 0.0797. The molecular formula is C15H17N3O2. The van der Waals surface area contributed by atoms with E-state index in [2.05, 4.69) is 22.5 Å². The smallest absolute Gasteiger partial charge is 0.246 e. The lowest BCUT2D eigenvalue weighted by Crippen LogP contribution is -2.37. The Hall–Kier alpha value is -2.32. The van der Waals surface area contributed by atoms with Crippen molar-refractivity contribution in [3.63, 3.8) is 0 Å². The van der Waals surface area contributed by atoms with Crippen LogP contribution in [-0.2, 0) is 9.59 Å². The van der Waals surface area contributed by atoms with Gasteiger partial charge in [0.1, 0.15) is 6.04 Å². The van der Waals surface area contributed by atoms with Crippen molar-refractivity contribution in [1.82, 2.24) is 5.32 Å². The van der Waals surface area contributed by atoms with Crippen LogP contribution in [0.15, 0.2) is 18.2 Å². The number of amides is 2. The second-order valence-corrected chi connectivity index (χ2v) is 4.74. The van der Waals surface area contributed by atoms with E-state index in [-0.39, 0.29) is 11.8 Å². The molecule has 0 aromatic heterocycles. The van der Waals surface area contributed by atoms with Crippen LogP contribution in [0.2, 0.25) is 0 Å². The predicted octanol–water partition coefficient (Wildman–Crippen LogP) is 0.522. The molecule has 1 saturated heterocycles. The summed E-state index contributed by atoms with van der Waals surface area (Å²) in [4.78, 5) is 23.1. The first-order chi connectivity index (χ1) is 9.58. The Morgan fingerprint density at radius 2 is 2.30 bits per heavy atom. The van der Waals surface area contributed by atoms with Gasteiger partial charge in [0.05, 0.1) is 6.54 Å². The number of nitrogens with one attached hydrogen (secondary N) is 2. The molecule has 5 nitrogen and oxygen atoms in total. The van der Waals surface area contributed by atoms with Crippen LogP contribution < -0.4 is 16.4 Å². The molecule has 0 aliphatic carbocycles. The van der Waals surface area contributed by atoms with Gasteiger partial charge in [-0.3, -0.25) is 9.59 Å². The predicted molar refractivity (Wildman–Crippen MR) is 76.9 cm³/mol. The third-order valence-corrected chi connectivity index (χ3v) is 2.99. The lowest BCUT2D eigenvalue weighted by Gasteiger charge is -2.11. The third-order valence-electron chi connectivity index (χ3n) is 2.99. The largest absolute Gasteiger partial charge is 0.344 e. The SMILES string of the molecule is Cc1cc(C#CCN)cc(NC(=O)C2CCC(=O)N2)c1. The zero-order chi connectivity index (χ0) is 14.5. The maximum Gasteiger partial charge on any atom is 0.246 e. The Bertz CT molecular complexity index is 599. The van der Waals surface area contributed by atoms with Crippen molar-refractivity contribution in [3.8, 4) is 11.8 Å². The van der Waals surface area contributed by atoms with E-state index in [9.17, 15) is 9.59 Å². The highest BCUT2D eigenvalue weighted by atomic mass is 16.2. The molecule has 2 amide bonds. The highest BCUT2D eigenvalue weighted by Crippen LogP contribution is 2.16. The van der Waals surface area contributed by atoms with Crippen LogP contribution in [0.4, 0.5) is 5.69 Å². The maximum atomic E-state index is 12.0. The molecule has 1 aliphatic heterocycles. The Morgan fingerprint density at radius 1 is 1.50 bits per heavy atom. The van der Waals surface area contributed by atoms with Gasteiger partial charge in [0, 0.05) is 17.7 Å². The standard InChI is InChI=1S/C15H17N3O2/c1-10-7-11(3-2-6-16)9-12(8-10)17-15(20)13-4-5-14(19)18-13/h7-9,13H,4-6,16H2,1H3,(H,17,20)(H,18,19). The number of nitrogens with two attached hydrogens (primary N) is 1. The van der Waals surface area contributed by atoms with Crippen molar-refractivity contribution in [2.45, 2.75) is 25.8 Å². The fourth-order valence-corrected chi connectivity index (χ4v) is 2.12. The Labute approximate surface area is 117 Å². The lowest BCUT2D eigenvalue weighted by molar-refractivity contribution is -0.122. The molecule has 5 heteroatoms. The number of hydrogen-bond acceptors (Lipinski definition) is 3. The Balaban J connectivity index is 2.10. The van der Waals surface area contributed by atoms with E-state index in [1.54, 1.807) is 6.07 Å². The summed E-state index contributed by atoms with van der Waals surface area (Å²) in [7, 11) is 0. The summed E-state index contributed by atoms with van der Waals surface area (Å²) in [6.07, 6.45) is 0.940. The Morgan fingerprint density at radius 3 is 2.95 bits per heavy atom. The molecule has 0 bridgehead atoms. The molecule has 1 aliphatic rings. The summed E-state index contributed by atoms with van der Waals surface area (Å²) in [5, 5.41) is 5.45. The summed E-state index contributed by atoms with van der Waals surface area (Å²) in [5.41, 5.74) is 7.83. The first-order valence-electron chi connectivity index (χ1n) is 6.49. The quantitative estimate of drug-likeness (QED) is 0.686. The van der Waals surface area contributed by atoms with Crippen LogP contribution >= 0.6 is 0 Å². The van der Waals surface area contributed by atoms with Gasteiger partial charge in [-0.1, -0.05) is 11.8 Å². The average Bonchev–Trinajstić information content (AvgIpc) is 2.82. The van der Waals surface area contributed by atoms with Gasteiger partial charge in [0.2, 0.25) is 11.8 Å². The number of hydrogen-bond donors (Lipinski definition) is 3. The summed E-state index contributed by atoms with van der Waals surface area (Å²) >= 11 is 0. The van der Waals surface area contributed by atoms with Crippen molar-refractivity contribution in [2.24, 2.45) is 5.73 Å². The van der Waals surface area contributed by atoms with Crippen LogP contribution in [0.25, 0.3) is 0 Å². The molecule has 1 unspecified atom stereocenters. The van der Waals surface area contributed by atoms with Gasteiger partial charge in [0.25, 0.3) is 0 Å². The van der Waals surface area contributed by atoms with Gasteiger partial charge in [0.15, 0.2) is 0 Å². The monoisotopic (exact) mass is 271 g/mol. The summed E-state index contributed by atoms with van der Waals surface area (Å²) < 4.78 is 0. The third kappa shape index (κ3) is 3.59. The molecule has 1 fully saturated rings. The van der Waals surface area contributed by atoms with Gasteiger partial charge < -0.3 is 16.4 Å². The van der Waals surface area contributed by atoms with Crippen molar-refractivity contribution in [2.75, 3.05) is 11.9 Å². The molecule has 2 rings (SSSR count). The van der Waals surface area contributed by atoms with Gasteiger partial charge in [-0.05, 0) is 37.1 Å². The molecule has 0 spiro atoms. The van der Waals surface area contributed by atoms with Crippen molar-refractivity contribution >= 4 is 17.5 Å². The highest BCUT2D eigenvalue weighted by Gasteiger charge is 2.27. The van der Waals surface area contributed by atoms with Crippen molar-refractivity contribution in [1.29, 1.82) is 0 Å². The number of anilines is 1. The van der Waals surface area contributed by atoms with Crippen LogP contribution in [0.5, 0.6) is 0 Å². The fraction of sp³-hybridized carbons (Fsp3) is 0.333. The number of carbonyl (C=O) groups excluding carboxylic acids is 2. The molecule has 0 radical (unpaired) electrons. The van der Waals surface area contributed by atoms with Crippen molar-refractivity contribution < 1.29 is 9.59 Å². The number of carbonyl (C=O) groups is 2. The van der Waals surface area contributed by atoms with E-state index < -0.39 is 6.04 Å². The van der Waals surface area contributed by atoms with Gasteiger partial charge >= 0.3 is 0 Å². The zero-order valence-corrected chi connectivity index (χ0v) is 11.3. The van der Waals surface area contributed by atoms with Gasteiger partial charge in [-0.2, -0.15) is 0 Å². The van der Waals surface area contributed by atoms with E-state index >= 15 is 0 Å². The molecule has 1 heterocycles. The number of rotatable bonds is 2. The molecule has 1 aromatic rings. The van der Waals surface area contributed by atoms with Gasteiger partial charge in [-0.25, -0.2) is 0 Å². The van der Waals surface area contributed by atoms with Gasteiger partial charge in [-0.15, -0.1) is 0 Å². The molecule has 20 heavy (non-hydrogen) atoms. The second-order valence-electron chi connectivity index (χ2n) is 4.74. The van der Waals surface area contributed by atoms with E-state index in [0.29, 0.717) is 25.1 Å². The number of aryl methyl sites for hydroxylation is 1. The van der Waals surface area contributed by atoms with E-state index in [1.165, 1.54) is 0 Å².